The quantitative estimate of drug-likeness (QED) is 0.395. The Balaban J connectivity index is 0.00000121. The van der Waals surface area contributed by atoms with Crippen molar-refractivity contribution in [2.24, 2.45) is 7.05 Å². The molecule has 0 amide bonds. The van der Waals surface area contributed by atoms with E-state index in [9.17, 15) is 0 Å². The molecule has 0 aliphatic carbocycles. The van der Waals surface area contributed by atoms with Gasteiger partial charge in [0.25, 0.3) is 0 Å². The Morgan fingerprint density at radius 3 is 2.75 bits per heavy atom. The van der Waals surface area contributed by atoms with Crippen LogP contribution >= 0.6 is 21.5 Å². The normalized spacial score (nSPS) is 9.50. The minimum absolute atomic E-state index is 0. The van der Waals surface area contributed by atoms with Gasteiger partial charge < -0.3 is 4.74 Å². The maximum absolute atomic E-state index is 4.94. The van der Waals surface area contributed by atoms with Crippen LogP contribution in [0.5, 0.6) is 0 Å². The third-order valence-corrected chi connectivity index (χ3v) is 1.74. The Kier molecular flexibility index (Phi) is 6.61. The first-order chi connectivity index (χ1) is 5.25. The fraction of sp³-hybridized carbons (Fsp3) is 0.500. The summed E-state index contributed by atoms with van der Waals surface area (Å²) in [5.41, 5.74) is 0. The fourth-order valence-corrected chi connectivity index (χ4v) is 0.758. The summed E-state index contributed by atoms with van der Waals surface area (Å²) in [7, 11) is 4.06. The summed E-state index contributed by atoms with van der Waals surface area (Å²) < 4.78 is 8.45. The molecular formula is C4H8N4OPSU-. The number of aromatic nitrogens is 4. The van der Waals surface area contributed by atoms with Crippen LogP contribution in [0.1, 0.15) is 0 Å². The molecule has 0 spiro atoms. The molecule has 1 unspecified atom stereocenters. The van der Waals surface area contributed by atoms with Crippen LogP contribution in [-0.2, 0) is 18.5 Å². The Labute approximate surface area is 101 Å². The molecule has 1 aromatic rings. The Morgan fingerprint density at radius 2 is 2.33 bits per heavy atom. The molecule has 0 bridgehead atoms. The van der Waals surface area contributed by atoms with Crippen molar-refractivity contribution in [2.75, 3.05) is 0 Å². The Morgan fingerprint density at radius 1 is 1.67 bits per heavy atom. The van der Waals surface area contributed by atoms with Crippen LogP contribution < -0.4 is 0 Å². The van der Waals surface area contributed by atoms with Crippen molar-refractivity contribution in [3.63, 3.8) is 0 Å². The van der Waals surface area contributed by atoms with Crippen molar-refractivity contribution in [3.05, 3.63) is 11.1 Å². The van der Waals surface area contributed by atoms with Crippen LogP contribution in [0.15, 0.2) is 0 Å². The van der Waals surface area contributed by atoms with E-state index in [0.717, 1.165) is 0 Å². The number of aryl methyl sites for hydroxylation is 1. The van der Waals surface area contributed by atoms with Gasteiger partial charge in [0.1, 0.15) is 6.73 Å². The number of nitrogens with zero attached hydrogens (tertiary/aromatic N) is 4. The molecule has 12 heavy (non-hydrogen) atoms. The van der Waals surface area contributed by atoms with E-state index in [1.54, 1.807) is 7.05 Å². The van der Waals surface area contributed by atoms with Crippen molar-refractivity contribution < 1.29 is 35.9 Å². The molecule has 0 saturated heterocycles. The summed E-state index contributed by atoms with van der Waals surface area (Å²) in [6, 6.07) is 0. The molecule has 0 aliphatic heterocycles. The number of hydrogen-bond acceptors (Lipinski definition) is 4. The summed E-state index contributed by atoms with van der Waals surface area (Å²) in [4.78, 5) is 0. The Bertz CT molecular complexity index is 287. The standard InChI is InChI=1S/C4H8N4OPS.U/c1-7-4(11)8(6-5-7)2-9-3-10;/h3H,2,10H2,1H3;/q-1;. The summed E-state index contributed by atoms with van der Waals surface area (Å²) in [6.45, 7) is 0.302. The number of ether oxygens (including phenoxy) is 1. The van der Waals surface area contributed by atoms with Gasteiger partial charge in [0, 0.05) is 38.2 Å². The van der Waals surface area contributed by atoms with Gasteiger partial charge in [0.15, 0.2) is 0 Å². The van der Waals surface area contributed by atoms with Crippen LogP contribution in [0.2, 0.25) is 0 Å². The number of rotatable bonds is 3. The monoisotopic (exact) mass is 429 g/mol. The summed E-state index contributed by atoms with van der Waals surface area (Å²) in [5.74, 6) is 0. The number of tetrazole rings is 1. The van der Waals surface area contributed by atoms with Crippen molar-refractivity contribution in [1.82, 2.24) is 19.8 Å². The molecule has 8 heteroatoms. The smallest absolute Gasteiger partial charge is 0.217 e. The summed E-state index contributed by atoms with van der Waals surface area (Å²) in [5, 5.41) is 7.42. The topological polar surface area (TPSA) is 44.9 Å². The van der Waals surface area contributed by atoms with E-state index in [0.29, 0.717) is 11.5 Å². The third kappa shape index (κ3) is 3.23. The van der Waals surface area contributed by atoms with Crippen LogP contribution in [-0.4, -0.2) is 19.8 Å². The van der Waals surface area contributed by atoms with Gasteiger partial charge in [0.2, 0.25) is 4.77 Å². The second-order valence-corrected chi connectivity index (χ2v) is 2.45. The van der Waals surface area contributed by atoms with E-state index < -0.39 is 0 Å². The average Bonchev–Trinajstić information content (AvgIpc) is 2.31. The average molecular weight is 429 g/mol. The molecule has 0 fully saturated rings. The zero-order chi connectivity index (χ0) is 8.27. The van der Waals surface area contributed by atoms with Gasteiger partial charge in [-0.3, -0.25) is 9.24 Å². The first kappa shape index (κ1) is 12.7. The van der Waals surface area contributed by atoms with Crippen molar-refractivity contribution in [3.8, 4) is 0 Å². The predicted molar refractivity (Wildman–Crippen MR) is 44.9 cm³/mol. The maximum Gasteiger partial charge on any atom is 0.217 e. The minimum atomic E-state index is 0. The first-order valence-corrected chi connectivity index (χ1v) is 3.95. The second-order valence-electron chi connectivity index (χ2n) is 1.82. The molecule has 1 aromatic heterocycles. The molecule has 0 N–H and O–H groups in total. The van der Waals surface area contributed by atoms with Crippen molar-refractivity contribution >= 4 is 21.5 Å². The van der Waals surface area contributed by atoms with E-state index in [2.05, 4.69) is 19.7 Å². The molecule has 1 atom stereocenters. The molecule has 1 rings (SSSR count). The molecule has 0 aliphatic rings. The van der Waals surface area contributed by atoms with Crippen LogP contribution in [0.4, 0.5) is 0 Å². The van der Waals surface area contributed by atoms with Gasteiger partial charge in [-0.15, -0.1) is 0 Å². The van der Waals surface area contributed by atoms with Crippen LogP contribution in [0.3, 0.4) is 0 Å². The molecule has 1 heterocycles. The molecule has 0 radical (unpaired) electrons. The predicted octanol–water partition coefficient (Wildman–Crippen LogP) is 0.315. The van der Waals surface area contributed by atoms with Gasteiger partial charge in [-0.25, -0.2) is 4.68 Å². The van der Waals surface area contributed by atoms with E-state index in [1.165, 1.54) is 15.7 Å². The summed E-state index contributed by atoms with van der Waals surface area (Å²) >= 11 is 4.94. The van der Waals surface area contributed by atoms with Crippen LogP contribution in [0.25, 0.3) is 0 Å². The molecular weight excluding hydrogens is 421 g/mol. The van der Waals surface area contributed by atoms with Gasteiger partial charge in [-0.05, 0) is 22.6 Å². The Hall–Kier alpha value is 0.732. The molecule has 5 nitrogen and oxygen atoms in total. The molecule has 0 saturated carbocycles. The van der Waals surface area contributed by atoms with Crippen LogP contribution in [0, 0.1) is 42.2 Å². The first-order valence-electron chi connectivity index (χ1n) is 2.87. The molecule has 0 aromatic carbocycles. The van der Waals surface area contributed by atoms with Gasteiger partial charge >= 0.3 is 0 Å². The largest absolute Gasteiger partial charge is 0.531 e. The summed E-state index contributed by atoms with van der Waals surface area (Å²) in [6.07, 6.45) is 1.50. The van der Waals surface area contributed by atoms with Crippen molar-refractivity contribution in [1.29, 1.82) is 0 Å². The maximum atomic E-state index is 4.94. The van der Waals surface area contributed by atoms with E-state index in [-0.39, 0.29) is 31.1 Å². The van der Waals surface area contributed by atoms with Crippen molar-refractivity contribution in [2.45, 2.75) is 6.73 Å². The fourth-order valence-electron chi connectivity index (χ4n) is 0.547. The minimum Gasteiger partial charge on any atom is -0.531 e. The van der Waals surface area contributed by atoms with Gasteiger partial charge in [-0.2, -0.15) is 11.0 Å². The van der Waals surface area contributed by atoms with E-state index >= 15 is 0 Å². The number of hydrogen-bond donors (Lipinski definition) is 0. The van der Waals surface area contributed by atoms with E-state index in [1.807, 2.05) is 0 Å². The second kappa shape index (κ2) is 6.23. The zero-order valence-electron chi connectivity index (χ0n) is 6.47. The third-order valence-electron chi connectivity index (χ3n) is 1.07. The SMILES string of the molecule is Cn1nnn(CO[CH-]P)c1=S.[U]. The van der Waals surface area contributed by atoms with E-state index in [4.69, 9.17) is 17.0 Å². The van der Waals surface area contributed by atoms with Gasteiger partial charge in [-0.1, -0.05) is 0 Å². The molecule has 66 valence electrons. The zero-order valence-corrected chi connectivity index (χ0v) is 12.6. The van der Waals surface area contributed by atoms with Gasteiger partial charge in [0.05, 0.1) is 0 Å².